The zero-order valence-electron chi connectivity index (χ0n) is 18.0. The summed E-state index contributed by atoms with van der Waals surface area (Å²) < 4.78 is 62.8. The third-order valence-electron chi connectivity index (χ3n) is 5.22. The maximum absolute atomic E-state index is 14.7. The maximum Gasteiger partial charge on any atom is 0.573 e. The van der Waals surface area contributed by atoms with Gasteiger partial charge in [-0.05, 0) is 23.8 Å². The first-order valence-corrected chi connectivity index (χ1v) is 10.2. The molecule has 4 rings (SSSR count). The number of nitrogens with zero attached hydrogens (tertiary/aromatic N) is 4. The number of nitrogen functional groups attached to an aromatic ring is 1. The van der Waals surface area contributed by atoms with Crippen LogP contribution in [0.25, 0.3) is 11.3 Å². The lowest BCUT2D eigenvalue weighted by Crippen LogP contribution is -2.32. The number of aryl methyl sites for hydroxylation is 1. The zero-order valence-corrected chi connectivity index (χ0v) is 18.0. The number of likely N-dealkylation sites (tertiary alicyclic amines) is 1. The van der Waals surface area contributed by atoms with Crippen molar-refractivity contribution in [1.29, 1.82) is 0 Å². The van der Waals surface area contributed by atoms with Gasteiger partial charge in [-0.3, -0.25) is 4.79 Å². The maximum atomic E-state index is 14.7. The van der Waals surface area contributed by atoms with Crippen molar-refractivity contribution in [2.24, 2.45) is 7.05 Å². The number of nitrogens with two attached hydrogens (primary N) is 1. The van der Waals surface area contributed by atoms with E-state index in [1.807, 2.05) is 7.05 Å². The number of imidazole rings is 1. The van der Waals surface area contributed by atoms with Gasteiger partial charge in [0.05, 0.1) is 31.5 Å². The van der Waals surface area contributed by atoms with Gasteiger partial charge in [0.2, 0.25) is 5.91 Å². The van der Waals surface area contributed by atoms with Crippen LogP contribution in [0, 0.1) is 0 Å². The molecule has 1 aliphatic heterocycles. The SMILES string of the molecule is Cn1cnc(-c2cnc(N)c(O[C@H]3CN(C(=O)Cc4ccc(OC(F)(F)F)cc4)C[C@@H]3F)c2)c1. The molecular weight excluding hydrogens is 458 g/mol. The van der Waals surface area contributed by atoms with E-state index in [-0.39, 0.29) is 42.7 Å². The summed E-state index contributed by atoms with van der Waals surface area (Å²) >= 11 is 0. The normalized spacial score (nSPS) is 18.2. The Morgan fingerprint density at radius 3 is 2.59 bits per heavy atom. The molecule has 1 saturated heterocycles. The topological polar surface area (TPSA) is 95.5 Å². The van der Waals surface area contributed by atoms with Gasteiger partial charge in [-0.25, -0.2) is 14.4 Å². The van der Waals surface area contributed by atoms with Gasteiger partial charge in [0.1, 0.15) is 11.9 Å². The number of pyridine rings is 1. The second kappa shape index (κ2) is 9.20. The van der Waals surface area contributed by atoms with Gasteiger partial charge >= 0.3 is 6.36 Å². The molecule has 1 aromatic carbocycles. The van der Waals surface area contributed by atoms with Crippen molar-refractivity contribution in [2.75, 3.05) is 18.8 Å². The number of halogens is 4. The first-order valence-electron chi connectivity index (χ1n) is 10.2. The molecule has 2 N–H and O–H groups in total. The Labute approximate surface area is 191 Å². The van der Waals surface area contributed by atoms with Gasteiger partial charge in [0, 0.05) is 25.0 Å². The second-order valence-electron chi connectivity index (χ2n) is 7.87. The van der Waals surface area contributed by atoms with E-state index in [1.54, 1.807) is 23.2 Å². The summed E-state index contributed by atoms with van der Waals surface area (Å²) in [6.07, 6.45) is -2.36. The molecule has 0 bridgehead atoms. The molecule has 12 heteroatoms. The number of alkyl halides is 4. The number of amides is 1. The highest BCUT2D eigenvalue weighted by Gasteiger charge is 2.37. The molecule has 1 fully saturated rings. The molecule has 2 atom stereocenters. The van der Waals surface area contributed by atoms with Gasteiger partial charge in [-0.1, -0.05) is 12.1 Å². The predicted octanol–water partition coefficient (Wildman–Crippen LogP) is 3.13. The Morgan fingerprint density at radius 2 is 1.94 bits per heavy atom. The van der Waals surface area contributed by atoms with E-state index in [2.05, 4.69) is 14.7 Å². The van der Waals surface area contributed by atoms with Crippen molar-refractivity contribution >= 4 is 11.7 Å². The van der Waals surface area contributed by atoms with E-state index < -0.39 is 18.6 Å². The smallest absolute Gasteiger partial charge is 0.482 e. The third-order valence-corrected chi connectivity index (χ3v) is 5.22. The lowest BCUT2D eigenvalue weighted by atomic mass is 10.1. The van der Waals surface area contributed by atoms with E-state index in [0.717, 1.165) is 12.1 Å². The van der Waals surface area contributed by atoms with Crippen molar-refractivity contribution in [3.8, 4) is 22.8 Å². The molecular formula is C22H21F4N5O3. The van der Waals surface area contributed by atoms with Crippen molar-refractivity contribution in [2.45, 2.75) is 25.1 Å². The number of anilines is 1. The summed E-state index contributed by atoms with van der Waals surface area (Å²) in [7, 11) is 1.82. The predicted molar refractivity (Wildman–Crippen MR) is 114 cm³/mol. The fraction of sp³-hybridized carbons (Fsp3) is 0.318. The van der Waals surface area contributed by atoms with Gasteiger partial charge in [-0.2, -0.15) is 0 Å². The molecule has 0 aliphatic carbocycles. The number of benzene rings is 1. The highest BCUT2D eigenvalue weighted by atomic mass is 19.4. The minimum Gasteiger partial charge on any atom is -0.482 e. The van der Waals surface area contributed by atoms with Crippen LogP contribution in [0.5, 0.6) is 11.5 Å². The Morgan fingerprint density at radius 1 is 1.21 bits per heavy atom. The van der Waals surface area contributed by atoms with Gasteiger partial charge < -0.3 is 24.7 Å². The van der Waals surface area contributed by atoms with Gasteiger partial charge in [0.25, 0.3) is 0 Å². The van der Waals surface area contributed by atoms with Crippen LogP contribution in [0.1, 0.15) is 5.56 Å². The number of hydrogen-bond donors (Lipinski definition) is 1. The fourth-order valence-corrected chi connectivity index (χ4v) is 3.56. The summed E-state index contributed by atoms with van der Waals surface area (Å²) in [6, 6.07) is 6.56. The number of ether oxygens (including phenoxy) is 2. The summed E-state index contributed by atoms with van der Waals surface area (Å²) in [5.74, 6) is -0.504. The first-order chi connectivity index (χ1) is 16.1. The molecule has 3 heterocycles. The van der Waals surface area contributed by atoms with Crippen molar-refractivity contribution in [3.63, 3.8) is 0 Å². The average Bonchev–Trinajstić information content (AvgIpc) is 3.36. The quantitative estimate of drug-likeness (QED) is 0.546. The summed E-state index contributed by atoms with van der Waals surface area (Å²) in [5, 5.41) is 0. The molecule has 0 spiro atoms. The van der Waals surface area contributed by atoms with Crippen LogP contribution in [0.15, 0.2) is 49.1 Å². The molecule has 0 radical (unpaired) electrons. The lowest BCUT2D eigenvalue weighted by molar-refractivity contribution is -0.274. The monoisotopic (exact) mass is 479 g/mol. The lowest BCUT2D eigenvalue weighted by Gasteiger charge is -2.18. The van der Waals surface area contributed by atoms with Crippen LogP contribution in [0.4, 0.5) is 23.4 Å². The van der Waals surface area contributed by atoms with Crippen LogP contribution >= 0.6 is 0 Å². The highest BCUT2D eigenvalue weighted by Crippen LogP contribution is 2.29. The average molecular weight is 479 g/mol. The van der Waals surface area contributed by atoms with Gasteiger partial charge in [0.15, 0.2) is 17.7 Å². The number of hydrogen-bond acceptors (Lipinski definition) is 6. The second-order valence-corrected chi connectivity index (χ2v) is 7.87. The molecule has 0 unspecified atom stereocenters. The fourth-order valence-electron chi connectivity index (χ4n) is 3.56. The highest BCUT2D eigenvalue weighted by molar-refractivity contribution is 5.79. The summed E-state index contributed by atoms with van der Waals surface area (Å²) in [5.41, 5.74) is 7.65. The molecule has 3 aromatic rings. The molecule has 1 aliphatic rings. The number of aromatic nitrogens is 3. The minimum absolute atomic E-state index is 0.0114. The molecule has 180 valence electrons. The van der Waals surface area contributed by atoms with Crippen LogP contribution in [0.2, 0.25) is 0 Å². The first kappa shape index (κ1) is 23.3. The van der Waals surface area contributed by atoms with Crippen LogP contribution in [-0.4, -0.2) is 57.1 Å². The molecule has 0 saturated carbocycles. The van der Waals surface area contributed by atoms with E-state index in [9.17, 15) is 22.4 Å². The third kappa shape index (κ3) is 5.56. The standard InChI is InChI=1S/C22H21F4N5O3/c1-30-10-17(29-12-30)14-7-18(21(27)28-8-14)33-19-11-31(9-16(19)23)20(32)6-13-2-4-15(5-3-13)34-22(24,25)26/h2-5,7-8,10,12,16,19H,6,9,11H2,1H3,(H2,27,28)/t16-,19-/m0/s1. The Bertz CT molecular complexity index is 1170. The molecule has 1 amide bonds. The van der Waals surface area contributed by atoms with Crippen molar-refractivity contribution in [3.05, 3.63) is 54.6 Å². The number of rotatable bonds is 6. The number of carbonyl (C=O) groups is 1. The largest absolute Gasteiger partial charge is 0.573 e. The van der Waals surface area contributed by atoms with Crippen LogP contribution < -0.4 is 15.2 Å². The zero-order chi connectivity index (χ0) is 24.5. The van der Waals surface area contributed by atoms with Crippen LogP contribution in [-0.2, 0) is 18.3 Å². The molecule has 8 nitrogen and oxygen atoms in total. The minimum atomic E-state index is -4.80. The summed E-state index contributed by atoms with van der Waals surface area (Å²) in [6.45, 7) is -0.186. The molecule has 34 heavy (non-hydrogen) atoms. The van der Waals surface area contributed by atoms with E-state index in [0.29, 0.717) is 16.8 Å². The van der Waals surface area contributed by atoms with Crippen molar-refractivity contribution < 1.29 is 31.8 Å². The number of carbonyl (C=O) groups excluding carboxylic acids is 1. The Kier molecular flexibility index (Phi) is 6.31. The Balaban J connectivity index is 1.38. The van der Waals surface area contributed by atoms with E-state index >= 15 is 0 Å². The van der Waals surface area contributed by atoms with E-state index in [4.69, 9.17) is 10.5 Å². The van der Waals surface area contributed by atoms with Crippen molar-refractivity contribution in [1.82, 2.24) is 19.4 Å². The Hall–Kier alpha value is -3.83. The van der Waals surface area contributed by atoms with E-state index in [1.165, 1.54) is 23.2 Å². The van der Waals surface area contributed by atoms with Crippen LogP contribution in [0.3, 0.4) is 0 Å². The summed E-state index contributed by atoms with van der Waals surface area (Å²) in [4.78, 5) is 22.3. The van der Waals surface area contributed by atoms with Gasteiger partial charge in [-0.15, -0.1) is 13.2 Å². The molecule has 2 aromatic heterocycles.